The van der Waals surface area contributed by atoms with Gasteiger partial charge in [-0.2, -0.15) is 0 Å². The molecule has 0 saturated carbocycles. The molecule has 0 aliphatic heterocycles. The van der Waals surface area contributed by atoms with E-state index in [2.05, 4.69) is 10.3 Å². The van der Waals surface area contributed by atoms with Gasteiger partial charge in [-0.05, 0) is 20.8 Å². The number of hydrogen-bond acceptors (Lipinski definition) is 4. The van der Waals surface area contributed by atoms with Crippen molar-refractivity contribution in [1.82, 2.24) is 10.3 Å². The largest absolute Gasteiger partial charge is 0.448 e. The maximum Gasteiger partial charge on any atom is 0.239 e. The highest BCUT2D eigenvalue weighted by Gasteiger charge is 2.21. The molecule has 3 N–H and O–H groups in total. The smallest absolute Gasteiger partial charge is 0.239 e. The van der Waals surface area contributed by atoms with Crippen molar-refractivity contribution in [3.05, 3.63) is 17.8 Å². The molecular formula is C9H15N3O2. The first-order chi connectivity index (χ1) is 6.41. The van der Waals surface area contributed by atoms with Gasteiger partial charge < -0.3 is 15.5 Å². The Balaban J connectivity index is 2.50. The van der Waals surface area contributed by atoms with E-state index >= 15 is 0 Å². The lowest BCUT2D eigenvalue weighted by Gasteiger charge is -2.17. The average molecular weight is 197 g/mol. The molecule has 78 valence electrons. The van der Waals surface area contributed by atoms with Crippen LogP contribution in [-0.4, -0.2) is 16.4 Å². The van der Waals surface area contributed by atoms with Crippen molar-refractivity contribution in [2.45, 2.75) is 32.9 Å². The predicted octanol–water partition coefficient (Wildman–Crippen LogP) is 0.337. The molecule has 5 heteroatoms. The van der Waals surface area contributed by atoms with Crippen LogP contribution in [0.2, 0.25) is 0 Å². The fraction of sp³-hybridized carbons (Fsp3) is 0.556. The minimum Gasteiger partial charge on any atom is -0.448 e. The van der Waals surface area contributed by atoms with Crippen molar-refractivity contribution < 1.29 is 9.21 Å². The van der Waals surface area contributed by atoms with Crippen LogP contribution in [0.5, 0.6) is 0 Å². The highest BCUT2D eigenvalue weighted by Crippen LogP contribution is 2.04. The van der Waals surface area contributed by atoms with Gasteiger partial charge in [0.1, 0.15) is 11.5 Å². The Kier molecular flexibility index (Phi) is 2.90. The number of carbonyl (C=O) groups excluding carboxylic acids is 1. The zero-order valence-electron chi connectivity index (χ0n) is 8.63. The number of aromatic nitrogens is 1. The first kappa shape index (κ1) is 10.7. The van der Waals surface area contributed by atoms with Crippen LogP contribution in [0.1, 0.15) is 25.3 Å². The summed E-state index contributed by atoms with van der Waals surface area (Å²) in [5.74, 6) is 0.500. The van der Waals surface area contributed by atoms with Gasteiger partial charge in [-0.3, -0.25) is 4.79 Å². The minimum atomic E-state index is -0.863. The third-order valence-corrected chi connectivity index (χ3v) is 1.85. The van der Waals surface area contributed by atoms with Crippen LogP contribution in [0.3, 0.4) is 0 Å². The van der Waals surface area contributed by atoms with Crippen LogP contribution < -0.4 is 11.1 Å². The molecule has 14 heavy (non-hydrogen) atoms. The molecule has 1 aromatic heterocycles. The van der Waals surface area contributed by atoms with Gasteiger partial charge in [-0.15, -0.1) is 0 Å². The molecule has 0 radical (unpaired) electrons. The first-order valence-electron chi connectivity index (χ1n) is 4.37. The Hall–Kier alpha value is -1.36. The van der Waals surface area contributed by atoms with Crippen molar-refractivity contribution in [3.8, 4) is 0 Å². The highest BCUT2D eigenvalue weighted by molar-refractivity contribution is 5.84. The number of nitrogens with zero attached hydrogens (tertiary/aromatic N) is 1. The van der Waals surface area contributed by atoms with Gasteiger partial charge in [0.05, 0.1) is 12.1 Å². The fourth-order valence-corrected chi connectivity index (χ4v) is 0.890. The quantitative estimate of drug-likeness (QED) is 0.732. The molecule has 0 atom stereocenters. The second-order valence-corrected chi connectivity index (χ2v) is 3.76. The Labute approximate surface area is 82.7 Å². The van der Waals surface area contributed by atoms with Crippen LogP contribution >= 0.6 is 0 Å². The molecule has 0 unspecified atom stereocenters. The molecule has 0 spiro atoms. The maximum absolute atomic E-state index is 11.4. The average Bonchev–Trinajstić information content (AvgIpc) is 2.45. The first-order valence-corrected chi connectivity index (χ1v) is 4.37. The summed E-state index contributed by atoms with van der Waals surface area (Å²) in [6, 6.07) is 0. The molecule has 1 heterocycles. The Morgan fingerprint density at radius 2 is 2.36 bits per heavy atom. The van der Waals surface area contributed by atoms with Crippen LogP contribution in [0.25, 0.3) is 0 Å². The highest BCUT2D eigenvalue weighted by atomic mass is 16.3. The topological polar surface area (TPSA) is 81.2 Å². The maximum atomic E-state index is 11.4. The van der Waals surface area contributed by atoms with Crippen molar-refractivity contribution >= 4 is 5.91 Å². The summed E-state index contributed by atoms with van der Waals surface area (Å²) in [5, 5.41) is 2.68. The van der Waals surface area contributed by atoms with Gasteiger partial charge in [0.2, 0.25) is 5.91 Å². The second-order valence-electron chi connectivity index (χ2n) is 3.76. The van der Waals surface area contributed by atoms with Gasteiger partial charge in [-0.1, -0.05) is 0 Å². The molecule has 0 fully saturated rings. The zero-order chi connectivity index (χ0) is 10.8. The van der Waals surface area contributed by atoms with Crippen LogP contribution in [0.15, 0.2) is 10.8 Å². The van der Waals surface area contributed by atoms with Crippen molar-refractivity contribution in [1.29, 1.82) is 0 Å². The van der Waals surface area contributed by atoms with E-state index in [0.29, 0.717) is 12.3 Å². The minimum absolute atomic E-state index is 0.208. The van der Waals surface area contributed by atoms with Crippen LogP contribution in [-0.2, 0) is 11.3 Å². The number of nitrogens with two attached hydrogens (primary N) is 1. The van der Waals surface area contributed by atoms with E-state index in [1.54, 1.807) is 20.8 Å². The lowest BCUT2D eigenvalue weighted by atomic mass is 10.1. The molecule has 0 bridgehead atoms. The molecule has 0 aliphatic carbocycles. The third kappa shape index (κ3) is 2.56. The zero-order valence-corrected chi connectivity index (χ0v) is 8.63. The molecule has 0 aliphatic rings. The molecule has 1 amide bonds. The number of rotatable bonds is 3. The van der Waals surface area contributed by atoms with Gasteiger partial charge >= 0.3 is 0 Å². The lowest BCUT2D eigenvalue weighted by Crippen LogP contribution is -2.48. The summed E-state index contributed by atoms with van der Waals surface area (Å²) >= 11 is 0. The molecule has 5 nitrogen and oxygen atoms in total. The number of aryl methyl sites for hydroxylation is 1. The number of oxazole rings is 1. The van der Waals surface area contributed by atoms with Gasteiger partial charge in [0, 0.05) is 0 Å². The van der Waals surface area contributed by atoms with Crippen molar-refractivity contribution in [2.75, 3.05) is 0 Å². The van der Waals surface area contributed by atoms with Crippen molar-refractivity contribution in [2.24, 2.45) is 5.73 Å². The van der Waals surface area contributed by atoms with Gasteiger partial charge in [0.25, 0.3) is 0 Å². The van der Waals surface area contributed by atoms with E-state index in [0.717, 1.165) is 5.69 Å². The summed E-state index contributed by atoms with van der Waals surface area (Å²) in [5.41, 5.74) is 5.46. The summed E-state index contributed by atoms with van der Waals surface area (Å²) in [6.45, 7) is 5.44. The fourth-order valence-electron chi connectivity index (χ4n) is 0.890. The van der Waals surface area contributed by atoms with E-state index in [1.165, 1.54) is 6.39 Å². The Morgan fingerprint density at radius 3 is 2.79 bits per heavy atom. The third-order valence-electron chi connectivity index (χ3n) is 1.85. The summed E-state index contributed by atoms with van der Waals surface area (Å²) < 4.78 is 4.99. The van der Waals surface area contributed by atoms with Gasteiger partial charge in [-0.25, -0.2) is 4.98 Å². The van der Waals surface area contributed by atoms with E-state index in [9.17, 15) is 4.79 Å². The normalized spacial score (nSPS) is 11.4. The Morgan fingerprint density at radius 1 is 1.71 bits per heavy atom. The van der Waals surface area contributed by atoms with E-state index < -0.39 is 5.54 Å². The number of amides is 1. The monoisotopic (exact) mass is 197 g/mol. The number of nitrogens with one attached hydrogen (secondary N) is 1. The molecular weight excluding hydrogens is 182 g/mol. The number of carbonyl (C=O) groups is 1. The Bertz CT molecular complexity index is 325. The second kappa shape index (κ2) is 3.79. The van der Waals surface area contributed by atoms with Crippen LogP contribution in [0.4, 0.5) is 0 Å². The molecule has 1 rings (SSSR count). The standard InChI is InChI=1S/C9H15N3O2/c1-6-7(12-5-14-6)4-11-8(13)9(2,3)10/h5H,4,10H2,1-3H3,(H,11,13). The summed E-state index contributed by atoms with van der Waals surface area (Å²) in [7, 11) is 0. The SMILES string of the molecule is Cc1ocnc1CNC(=O)C(C)(C)N. The van der Waals surface area contributed by atoms with Crippen molar-refractivity contribution in [3.63, 3.8) is 0 Å². The van der Waals surface area contributed by atoms with E-state index in [1.807, 2.05) is 0 Å². The molecule has 1 aromatic rings. The van der Waals surface area contributed by atoms with E-state index in [-0.39, 0.29) is 5.91 Å². The number of hydrogen-bond donors (Lipinski definition) is 2. The lowest BCUT2D eigenvalue weighted by molar-refractivity contribution is -0.125. The summed E-state index contributed by atoms with van der Waals surface area (Å²) in [4.78, 5) is 15.3. The predicted molar refractivity (Wildman–Crippen MR) is 51.4 cm³/mol. The van der Waals surface area contributed by atoms with Gasteiger partial charge in [0.15, 0.2) is 6.39 Å². The van der Waals surface area contributed by atoms with E-state index in [4.69, 9.17) is 10.2 Å². The molecule has 0 saturated heterocycles. The summed E-state index contributed by atoms with van der Waals surface area (Å²) in [6.07, 6.45) is 1.35. The van der Waals surface area contributed by atoms with Crippen LogP contribution in [0, 0.1) is 6.92 Å². The molecule has 0 aromatic carbocycles.